The molecule has 5 rings (SSSR count). The van der Waals surface area contributed by atoms with Gasteiger partial charge in [0, 0.05) is 18.2 Å². The largest absolute Gasteiger partial charge is 0.329 e. The minimum Gasteiger partial charge on any atom is -0.329 e. The monoisotopic (exact) mass is 348 g/mol. The van der Waals surface area contributed by atoms with Crippen LogP contribution in [0.4, 0.5) is 0 Å². The minimum absolute atomic E-state index is 0.0837. The summed E-state index contributed by atoms with van der Waals surface area (Å²) < 4.78 is 1.93. The smallest absolute Gasteiger partial charge is 0.246 e. The van der Waals surface area contributed by atoms with Crippen molar-refractivity contribution < 1.29 is 4.79 Å². The first-order chi connectivity index (χ1) is 12.7. The minimum atomic E-state index is -0.339. The summed E-state index contributed by atoms with van der Waals surface area (Å²) in [6, 6.07) is 11.7. The van der Waals surface area contributed by atoms with Crippen LogP contribution < -0.4 is 0 Å². The van der Waals surface area contributed by atoms with Gasteiger partial charge >= 0.3 is 0 Å². The highest BCUT2D eigenvalue weighted by Crippen LogP contribution is 2.40. The fourth-order valence-electron chi connectivity index (χ4n) is 3.63. The van der Waals surface area contributed by atoms with E-state index in [9.17, 15) is 4.79 Å². The molecule has 1 aliphatic heterocycles. The van der Waals surface area contributed by atoms with Gasteiger partial charge in [-0.1, -0.05) is 30.3 Å². The van der Waals surface area contributed by atoms with Crippen molar-refractivity contribution in [3.63, 3.8) is 0 Å². The van der Waals surface area contributed by atoms with E-state index >= 15 is 0 Å². The average molecular weight is 348 g/mol. The average Bonchev–Trinajstić information content (AvgIpc) is 3.24. The van der Waals surface area contributed by atoms with E-state index in [2.05, 4.69) is 20.4 Å². The van der Waals surface area contributed by atoms with E-state index in [0.29, 0.717) is 24.8 Å². The number of amides is 1. The third kappa shape index (κ3) is 2.51. The van der Waals surface area contributed by atoms with Gasteiger partial charge in [0.2, 0.25) is 5.91 Å². The quantitative estimate of drug-likeness (QED) is 0.786. The Morgan fingerprint density at radius 1 is 1.19 bits per heavy atom. The topological polar surface area (TPSA) is 79.7 Å². The van der Waals surface area contributed by atoms with Gasteiger partial charge in [-0.25, -0.2) is 0 Å². The van der Waals surface area contributed by atoms with Gasteiger partial charge in [0.25, 0.3) is 0 Å². The summed E-state index contributed by atoms with van der Waals surface area (Å²) in [4.78, 5) is 14.8. The Morgan fingerprint density at radius 2 is 2.00 bits per heavy atom. The Bertz CT molecular complexity index is 956. The molecular formula is C19H20N6O. The number of nitrogens with one attached hydrogen (secondary N) is 1. The van der Waals surface area contributed by atoms with E-state index in [1.165, 1.54) is 12.8 Å². The summed E-state index contributed by atoms with van der Waals surface area (Å²) in [5.74, 6) is 2.16. The van der Waals surface area contributed by atoms with Crippen molar-refractivity contribution in [2.24, 2.45) is 0 Å². The molecule has 132 valence electrons. The van der Waals surface area contributed by atoms with E-state index in [-0.39, 0.29) is 11.9 Å². The van der Waals surface area contributed by atoms with Crippen molar-refractivity contribution in [3.8, 4) is 11.5 Å². The molecule has 3 heterocycles. The Morgan fingerprint density at radius 3 is 2.77 bits per heavy atom. The highest BCUT2D eigenvalue weighted by Gasteiger charge is 2.34. The summed E-state index contributed by atoms with van der Waals surface area (Å²) in [7, 11) is 0. The number of fused-ring (bicyclic) bond motifs is 1. The predicted molar refractivity (Wildman–Crippen MR) is 95.0 cm³/mol. The number of aromatic nitrogens is 5. The van der Waals surface area contributed by atoms with E-state index < -0.39 is 0 Å². The van der Waals surface area contributed by atoms with Crippen molar-refractivity contribution in [1.29, 1.82) is 0 Å². The van der Waals surface area contributed by atoms with Crippen LogP contribution >= 0.6 is 0 Å². The van der Waals surface area contributed by atoms with Gasteiger partial charge in [-0.15, -0.1) is 10.2 Å². The Hall–Kier alpha value is -2.96. The lowest BCUT2D eigenvalue weighted by Gasteiger charge is -2.32. The summed E-state index contributed by atoms with van der Waals surface area (Å²) in [5, 5.41) is 16.2. The van der Waals surface area contributed by atoms with Crippen LogP contribution in [0, 0.1) is 0 Å². The van der Waals surface area contributed by atoms with Gasteiger partial charge in [-0.05, 0) is 31.4 Å². The van der Waals surface area contributed by atoms with Crippen LogP contribution in [0.3, 0.4) is 0 Å². The second-order valence-corrected chi connectivity index (χ2v) is 7.15. The highest BCUT2D eigenvalue weighted by atomic mass is 16.2. The Balaban J connectivity index is 1.45. The summed E-state index contributed by atoms with van der Waals surface area (Å²) >= 11 is 0. The lowest BCUT2D eigenvalue weighted by atomic mass is 10.1. The van der Waals surface area contributed by atoms with Crippen molar-refractivity contribution in [2.45, 2.75) is 44.8 Å². The maximum Gasteiger partial charge on any atom is 0.246 e. The van der Waals surface area contributed by atoms with Crippen LogP contribution in [0.2, 0.25) is 0 Å². The van der Waals surface area contributed by atoms with Gasteiger partial charge in [0.15, 0.2) is 11.6 Å². The van der Waals surface area contributed by atoms with Crippen LogP contribution in [-0.4, -0.2) is 35.8 Å². The number of hydrogen-bond acceptors (Lipinski definition) is 4. The van der Waals surface area contributed by atoms with Crippen LogP contribution in [0.1, 0.15) is 48.8 Å². The van der Waals surface area contributed by atoms with Crippen LogP contribution in [0.25, 0.3) is 11.5 Å². The zero-order chi connectivity index (χ0) is 17.7. The number of carbonyl (C=O) groups is 1. The van der Waals surface area contributed by atoms with Crippen molar-refractivity contribution in [2.75, 3.05) is 0 Å². The number of nitrogens with zero attached hydrogens (tertiary/aromatic N) is 5. The number of benzene rings is 1. The van der Waals surface area contributed by atoms with Gasteiger partial charge in [-0.3, -0.25) is 14.5 Å². The first-order valence-electron chi connectivity index (χ1n) is 9.03. The maximum atomic E-state index is 12.9. The molecule has 1 amide bonds. The fraction of sp³-hybridized carbons (Fsp3) is 0.368. The molecule has 0 unspecified atom stereocenters. The summed E-state index contributed by atoms with van der Waals surface area (Å²) in [6.45, 7) is 2.95. The normalized spacial score (nSPS) is 19.7. The SMILES string of the molecule is C[C@H]1C(=O)N(Cc2ccccc2)Cc2nnc(-c3cc(C4CC4)[nH]n3)n21. The van der Waals surface area contributed by atoms with Gasteiger partial charge < -0.3 is 4.90 Å². The molecule has 2 aliphatic rings. The van der Waals surface area contributed by atoms with Crippen molar-refractivity contribution >= 4 is 5.91 Å². The molecule has 0 radical (unpaired) electrons. The number of H-pyrrole nitrogens is 1. The number of carbonyl (C=O) groups excluding carboxylic acids is 1. The molecule has 2 aromatic heterocycles. The third-order valence-corrected chi connectivity index (χ3v) is 5.22. The lowest BCUT2D eigenvalue weighted by Crippen LogP contribution is -2.41. The molecular weight excluding hydrogens is 328 g/mol. The molecule has 0 spiro atoms. The number of aromatic amines is 1. The molecule has 1 N–H and O–H groups in total. The van der Waals surface area contributed by atoms with E-state index in [1.807, 2.05) is 52.8 Å². The number of rotatable bonds is 4. The molecule has 0 saturated heterocycles. The molecule has 7 nitrogen and oxygen atoms in total. The zero-order valence-electron chi connectivity index (χ0n) is 14.6. The third-order valence-electron chi connectivity index (χ3n) is 5.22. The summed E-state index contributed by atoms with van der Waals surface area (Å²) in [5.41, 5.74) is 3.03. The molecule has 26 heavy (non-hydrogen) atoms. The highest BCUT2D eigenvalue weighted by molar-refractivity contribution is 5.82. The lowest BCUT2D eigenvalue weighted by molar-refractivity contribution is -0.137. The summed E-state index contributed by atoms with van der Waals surface area (Å²) in [6.07, 6.45) is 2.42. The molecule has 0 bridgehead atoms. The van der Waals surface area contributed by atoms with Crippen LogP contribution in [0.5, 0.6) is 0 Å². The molecule has 3 aromatic rings. The molecule has 7 heteroatoms. The van der Waals surface area contributed by atoms with E-state index in [4.69, 9.17) is 0 Å². The van der Waals surface area contributed by atoms with Gasteiger partial charge in [0.05, 0.1) is 6.54 Å². The Labute approximate surface area is 151 Å². The molecule has 1 fully saturated rings. The van der Waals surface area contributed by atoms with E-state index in [1.54, 1.807) is 0 Å². The second kappa shape index (κ2) is 5.79. The predicted octanol–water partition coefficient (Wildman–Crippen LogP) is 2.65. The molecule has 1 saturated carbocycles. The molecule has 1 aliphatic carbocycles. The first kappa shape index (κ1) is 15.3. The molecule has 1 atom stereocenters. The fourth-order valence-corrected chi connectivity index (χ4v) is 3.63. The number of hydrogen-bond donors (Lipinski definition) is 1. The van der Waals surface area contributed by atoms with E-state index in [0.717, 1.165) is 22.8 Å². The maximum absolute atomic E-state index is 12.9. The van der Waals surface area contributed by atoms with Crippen molar-refractivity contribution in [3.05, 3.63) is 53.5 Å². The van der Waals surface area contributed by atoms with Crippen LogP contribution in [0.15, 0.2) is 36.4 Å². The van der Waals surface area contributed by atoms with Gasteiger partial charge in [0.1, 0.15) is 11.7 Å². The van der Waals surface area contributed by atoms with Crippen LogP contribution in [-0.2, 0) is 17.9 Å². The second-order valence-electron chi connectivity index (χ2n) is 7.15. The van der Waals surface area contributed by atoms with Gasteiger partial charge in [-0.2, -0.15) is 5.10 Å². The molecule has 1 aromatic carbocycles. The Kier molecular flexibility index (Phi) is 3.41. The first-order valence-corrected chi connectivity index (χ1v) is 9.03. The van der Waals surface area contributed by atoms with Crippen molar-refractivity contribution in [1.82, 2.24) is 29.9 Å². The standard InChI is InChI=1S/C19H20N6O/c1-12-19(26)24(10-13-5-3-2-4-6-13)11-17-22-23-18(25(12)17)16-9-15(20-21-16)14-7-8-14/h2-6,9,12,14H,7-8,10-11H2,1H3,(H,20,21)/t12-/m0/s1. The zero-order valence-corrected chi connectivity index (χ0v) is 14.6.